The Balaban J connectivity index is 1.47. The molecule has 0 saturated carbocycles. The second-order valence-corrected chi connectivity index (χ2v) is 5.57. The van der Waals surface area contributed by atoms with Gasteiger partial charge in [-0.15, -0.1) is 11.3 Å². The van der Waals surface area contributed by atoms with Crippen molar-refractivity contribution in [2.45, 2.75) is 6.04 Å². The van der Waals surface area contributed by atoms with E-state index in [-0.39, 0.29) is 0 Å². The highest BCUT2D eigenvalue weighted by atomic mass is 32.1. The number of fused-ring (bicyclic) bond motifs is 1. The fourth-order valence-electron chi connectivity index (χ4n) is 2.30. The number of aromatic nitrogens is 4. The summed E-state index contributed by atoms with van der Waals surface area (Å²) in [6.45, 7) is 1.81. The zero-order valence-electron chi connectivity index (χ0n) is 10.6. The van der Waals surface area contributed by atoms with Gasteiger partial charge in [-0.05, 0) is 17.5 Å². The lowest BCUT2D eigenvalue weighted by atomic mass is 10.1. The second kappa shape index (κ2) is 4.68. The van der Waals surface area contributed by atoms with Crippen LogP contribution in [0.15, 0.2) is 36.2 Å². The van der Waals surface area contributed by atoms with Crippen LogP contribution in [0, 0.1) is 0 Å². The molecule has 0 aromatic carbocycles. The van der Waals surface area contributed by atoms with Gasteiger partial charge in [0.1, 0.15) is 12.1 Å². The molecular formula is C13H12N6S. The van der Waals surface area contributed by atoms with Gasteiger partial charge in [0.25, 0.3) is 0 Å². The van der Waals surface area contributed by atoms with Gasteiger partial charge in [-0.3, -0.25) is 0 Å². The van der Waals surface area contributed by atoms with Gasteiger partial charge in [-0.2, -0.15) is 0 Å². The number of hydrogen-bond donors (Lipinski definition) is 1. The smallest absolute Gasteiger partial charge is 0.222 e. The number of nitrogens with zero attached hydrogens (tertiary/aromatic N) is 5. The molecule has 0 amide bonds. The molecule has 0 bridgehead atoms. The first-order chi connectivity index (χ1) is 9.90. The van der Waals surface area contributed by atoms with Crippen LogP contribution in [-0.2, 0) is 0 Å². The molecule has 3 aromatic rings. The molecule has 0 atom stereocenters. The maximum Gasteiger partial charge on any atom is 0.222 e. The lowest BCUT2D eigenvalue weighted by Crippen LogP contribution is -2.55. The molecule has 0 unspecified atom stereocenters. The van der Waals surface area contributed by atoms with Gasteiger partial charge in [0.05, 0.1) is 16.3 Å². The predicted molar refractivity (Wildman–Crippen MR) is 79.1 cm³/mol. The third-order valence-electron chi connectivity index (χ3n) is 3.30. The lowest BCUT2D eigenvalue weighted by Gasteiger charge is -2.40. The molecule has 1 aliphatic rings. The Hall–Kier alpha value is -2.28. The van der Waals surface area contributed by atoms with E-state index in [9.17, 15) is 0 Å². The van der Waals surface area contributed by atoms with Crippen LogP contribution in [0.2, 0.25) is 0 Å². The van der Waals surface area contributed by atoms with Crippen molar-refractivity contribution in [2.75, 3.05) is 23.3 Å². The minimum Gasteiger partial charge on any atom is -0.351 e. The second-order valence-electron chi connectivity index (χ2n) is 4.65. The Kier molecular flexibility index (Phi) is 2.70. The quantitative estimate of drug-likeness (QED) is 0.791. The van der Waals surface area contributed by atoms with Crippen molar-refractivity contribution in [3.8, 4) is 0 Å². The van der Waals surface area contributed by atoms with Crippen molar-refractivity contribution in [2.24, 2.45) is 0 Å². The van der Waals surface area contributed by atoms with Crippen LogP contribution in [0.5, 0.6) is 0 Å². The molecule has 4 heterocycles. The first-order valence-electron chi connectivity index (χ1n) is 6.37. The summed E-state index contributed by atoms with van der Waals surface area (Å²) in [4.78, 5) is 19.3. The van der Waals surface area contributed by atoms with Crippen LogP contribution >= 0.6 is 11.3 Å². The summed E-state index contributed by atoms with van der Waals surface area (Å²) in [5, 5.41) is 5.37. The normalized spacial score (nSPS) is 15.3. The molecule has 4 rings (SSSR count). The van der Waals surface area contributed by atoms with E-state index in [1.165, 1.54) is 0 Å². The highest BCUT2D eigenvalue weighted by Crippen LogP contribution is 2.30. The van der Waals surface area contributed by atoms with Crippen LogP contribution in [-0.4, -0.2) is 39.1 Å². The Labute approximate surface area is 119 Å². The zero-order valence-corrected chi connectivity index (χ0v) is 11.4. The molecule has 1 fully saturated rings. The summed E-state index contributed by atoms with van der Waals surface area (Å²) in [7, 11) is 0. The first-order valence-corrected chi connectivity index (χ1v) is 7.25. The fraction of sp³-hybridized carbons (Fsp3) is 0.231. The number of thiophene rings is 1. The van der Waals surface area contributed by atoms with E-state index in [1.54, 1.807) is 30.1 Å². The van der Waals surface area contributed by atoms with Crippen molar-refractivity contribution < 1.29 is 0 Å². The zero-order chi connectivity index (χ0) is 13.4. The molecule has 1 aliphatic heterocycles. The van der Waals surface area contributed by atoms with Crippen molar-refractivity contribution >= 4 is 33.3 Å². The van der Waals surface area contributed by atoms with E-state index in [0.717, 1.165) is 29.1 Å². The van der Waals surface area contributed by atoms with E-state index >= 15 is 0 Å². The number of anilines is 2. The van der Waals surface area contributed by atoms with Gasteiger partial charge in [0.2, 0.25) is 5.95 Å². The van der Waals surface area contributed by atoms with Crippen LogP contribution < -0.4 is 10.2 Å². The molecule has 6 nitrogen and oxygen atoms in total. The Bertz CT molecular complexity index is 722. The maximum absolute atomic E-state index is 4.41. The van der Waals surface area contributed by atoms with Crippen LogP contribution in [0.4, 0.5) is 11.8 Å². The van der Waals surface area contributed by atoms with Crippen molar-refractivity contribution in [1.29, 1.82) is 0 Å². The number of hydrogen-bond acceptors (Lipinski definition) is 7. The van der Waals surface area contributed by atoms with E-state index in [1.807, 2.05) is 12.1 Å². The summed E-state index contributed by atoms with van der Waals surface area (Å²) in [6.07, 6.45) is 5.11. The third kappa shape index (κ3) is 1.96. The first kappa shape index (κ1) is 11.5. The van der Waals surface area contributed by atoms with Gasteiger partial charge >= 0.3 is 0 Å². The molecule has 7 heteroatoms. The molecule has 100 valence electrons. The third-order valence-corrected chi connectivity index (χ3v) is 4.20. The lowest BCUT2D eigenvalue weighted by molar-refractivity contribution is 0.543. The Morgan fingerprint density at radius 3 is 2.85 bits per heavy atom. The topological polar surface area (TPSA) is 66.8 Å². The standard InChI is InChI=1S/C13H12N6S/c1-3-14-13(15-4-1)18-9-6-19(7-9)12-11-10(2-5-20-11)16-8-17-12/h1-5,8-9H,6-7H2,(H,14,15,18). The Morgan fingerprint density at radius 1 is 1.15 bits per heavy atom. The van der Waals surface area contributed by atoms with Gasteiger partial charge in [-0.1, -0.05) is 0 Å². The predicted octanol–water partition coefficient (Wildman–Crippen LogP) is 1.78. The molecule has 1 N–H and O–H groups in total. The summed E-state index contributed by atoms with van der Waals surface area (Å²) in [6, 6.07) is 4.20. The average Bonchev–Trinajstić information content (AvgIpc) is 2.92. The molecule has 20 heavy (non-hydrogen) atoms. The van der Waals surface area contributed by atoms with Crippen molar-refractivity contribution in [3.05, 3.63) is 36.2 Å². The maximum atomic E-state index is 4.41. The molecular weight excluding hydrogens is 272 g/mol. The molecule has 0 spiro atoms. The summed E-state index contributed by atoms with van der Waals surface area (Å²) in [5.74, 6) is 1.71. The summed E-state index contributed by atoms with van der Waals surface area (Å²) in [5.41, 5.74) is 1.02. The van der Waals surface area contributed by atoms with E-state index < -0.39 is 0 Å². The number of rotatable bonds is 3. The number of nitrogens with one attached hydrogen (secondary N) is 1. The van der Waals surface area contributed by atoms with E-state index in [2.05, 4.69) is 35.5 Å². The minimum absolute atomic E-state index is 0.363. The molecule has 3 aromatic heterocycles. The molecule has 0 aliphatic carbocycles. The highest BCUT2D eigenvalue weighted by Gasteiger charge is 2.29. The van der Waals surface area contributed by atoms with E-state index in [0.29, 0.717) is 12.0 Å². The monoisotopic (exact) mass is 284 g/mol. The molecule has 0 radical (unpaired) electrons. The SMILES string of the molecule is c1cnc(NC2CN(c3ncnc4ccsc34)C2)nc1. The summed E-state index contributed by atoms with van der Waals surface area (Å²) >= 11 is 1.68. The average molecular weight is 284 g/mol. The van der Waals surface area contributed by atoms with Gasteiger partial charge < -0.3 is 10.2 Å². The van der Waals surface area contributed by atoms with Crippen molar-refractivity contribution in [1.82, 2.24) is 19.9 Å². The largest absolute Gasteiger partial charge is 0.351 e. The van der Waals surface area contributed by atoms with Gasteiger partial charge in [0, 0.05) is 25.5 Å². The van der Waals surface area contributed by atoms with Crippen molar-refractivity contribution in [3.63, 3.8) is 0 Å². The van der Waals surface area contributed by atoms with Crippen LogP contribution in [0.1, 0.15) is 0 Å². The van der Waals surface area contributed by atoms with E-state index in [4.69, 9.17) is 0 Å². The minimum atomic E-state index is 0.363. The van der Waals surface area contributed by atoms with Gasteiger partial charge in [0.15, 0.2) is 0 Å². The van der Waals surface area contributed by atoms with Crippen LogP contribution in [0.3, 0.4) is 0 Å². The summed E-state index contributed by atoms with van der Waals surface area (Å²) < 4.78 is 1.15. The van der Waals surface area contributed by atoms with Gasteiger partial charge in [-0.25, -0.2) is 19.9 Å². The fourth-order valence-corrected chi connectivity index (χ4v) is 3.16. The Morgan fingerprint density at radius 2 is 2.00 bits per heavy atom. The van der Waals surface area contributed by atoms with Crippen LogP contribution in [0.25, 0.3) is 10.2 Å². The highest BCUT2D eigenvalue weighted by molar-refractivity contribution is 7.17. The molecule has 1 saturated heterocycles.